The lowest BCUT2D eigenvalue weighted by Gasteiger charge is -2.16. The number of ether oxygens (including phenoxy) is 3. The summed E-state index contributed by atoms with van der Waals surface area (Å²) in [6.45, 7) is 2.83. The summed E-state index contributed by atoms with van der Waals surface area (Å²) < 4.78 is 18.2. The number of rotatable bonds is 11. The Morgan fingerprint density at radius 1 is 1.00 bits per heavy atom. The number of methoxy groups -OCH3 is 3. The first-order chi connectivity index (χ1) is 18.0. The van der Waals surface area contributed by atoms with E-state index in [1.807, 2.05) is 47.9 Å². The van der Waals surface area contributed by atoms with Gasteiger partial charge in [0.1, 0.15) is 11.3 Å². The van der Waals surface area contributed by atoms with E-state index in [2.05, 4.69) is 10.6 Å². The Labute approximate surface area is 215 Å². The number of aromatic nitrogens is 3. The minimum absolute atomic E-state index is 0.110. The summed E-state index contributed by atoms with van der Waals surface area (Å²) in [5.74, 6) is 2.13. The van der Waals surface area contributed by atoms with E-state index in [1.165, 1.54) is 0 Å². The minimum Gasteiger partial charge on any atom is -0.493 e. The molecule has 0 saturated carbocycles. The predicted molar refractivity (Wildman–Crippen MR) is 144 cm³/mol. The fourth-order valence-electron chi connectivity index (χ4n) is 4.26. The first kappa shape index (κ1) is 25.8. The highest BCUT2D eigenvalue weighted by Crippen LogP contribution is 2.40. The molecule has 2 aromatic carbocycles. The van der Waals surface area contributed by atoms with Gasteiger partial charge >= 0.3 is 0 Å². The van der Waals surface area contributed by atoms with Gasteiger partial charge in [0.05, 0.1) is 27.2 Å². The molecule has 0 fully saturated rings. The SMILES string of the molecule is CCC(C(=O)Nc1ccc2nc(Nc3cc(OC)c(OC)c(OC)c3)n(CCN)c2n1)c1ccccc1. The van der Waals surface area contributed by atoms with Crippen LogP contribution in [0.3, 0.4) is 0 Å². The lowest BCUT2D eigenvalue weighted by atomic mass is 9.96. The van der Waals surface area contributed by atoms with E-state index < -0.39 is 0 Å². The van der Waals surface area contributed by atoms with Crippen LogP contribution in [0.2, 0.25) is 0 Å². The van der Waals surface area contributed by atoms with Gasteiger partial charge in [-0.15, -0.1) is 0 Å². The van der Waals surface area contributed by atoms with E-state index in [0.29, 0.717) is 65.4 Å². The molecule has 37 heavy (non-hydrogen) atoms. The van der Waals surface area contributed by atoms with Crippen molar-refractivity contribution in [2.75, 3.05) is 38.5 Å². The zero-order chi connectivity index (χ0) is 26.4. The molecule has 2 heterocycles. The van der Waals surface area contributed by atoms with Crippen LogP contribution >= 0.6 is 0 Å². The summed E-state index contributed by atoms with van der Waals surface area (Å²) in [6.07, 6.45) is 0.673. The van der Waals surface area contributed by atoms with Gasteiger partial charge in [0.25, 0.3) is 0 Å². The molecular weight excluding hydrogens is 472 g/mol. The smallest absolute Gasteiger partial charge is 0.233 e. The van der Waals surface area contributed by atoms with Crippen LogP contribution in [0.1, 0.15) is 24.8 Å². The van der Waals surface area contributed by atoms with Gasteiger partial charge in [0, 0.05) is 30.9 Å². The number of nitrogens with one attached hydrogen (secondary N) is 2. The number of hydrogen-bond acceptors (Lipinski definition) is 8. The Bertz CT molecular complexity index is 1350. The normalized spacial score (nSPS) is 11.7. The average molecular weight is 505 g/mol. The number of nitrogens with zero attached hydrogens (tertiary/aromatic N) is 3. The molecule has 4 aromatic rings. The summed E-state index contributed by atoms with van der Waals surface area (Å²) in [4.78, 5) is 22.5. The molecule has 1 atom stereocenters. The third-order valence-corrected chi connectivity index (χ3v) is 6.04. The van der Waals surface area contributed by atoms with Crippen molar-refractivity contribution < 1.29 is 19.0 Å². The Morgan fingerprint density at radius 3 is 2.30 bits per heavy atom. The number of anilines is 3. The van der Waals surface area contributed by atoms with Gasteiger partial charge < -0.3 is 30.6 Å². The molecule has 194 valence electrons. The molecule has 1 amide bonds. The minimum atomic E-state index is -0.273. The van der Waals surface area contributed by atoms with Crippen molar-refractivity contribution in [1.82, 2.24) is 14.5 Å². The van der Waals surface area contributed by atoms with Crippen molar-refractivity contribution >= 4 is 34.5 Å². The van der Waals surface area contributed by atoms with Crippen molar-refractivity contribution in [2.45, 2.75) is 25.8 Å². The quantitative estimate of drug-likeness (QED) is 0.276. The molecule has 0 aliphatic rings. The second-order valence-electron chi connectivity index (χ2n) is 8.31. The Morgan fingerprint density at radius 2 is 1.70 bits per heavy atom. The highest BCUT2D eigenvalue weighted by molar-refractivity contribution is 5.96. The molecule has 0 saturated heterocycles. The van der Waals surface area contributed by atoms with Crippen LogP contribution < -0.4 is 30.6 Å². The van der Waals surface area contributed by atoms with Gasteiger partial charge in [-0.1, -0.05) is 37.3 Å². The van der Waals surface area contributed by atoms with Gasteiger partial charge in [-0.25, -0.2) is 9.97 Å². The molecule has 4 rings (SSSR count). The van der Waals surface area contributed by atoms with Gasteiger partial charge in [-0.3, -0.25) is 9.36 Å². The molecule has 0 spiro atoms. The highest BCUT2D eigenvalue weighted by Gasteiger charge is 2.20. The number of hydrogen-bond donors (Lipinski definition) is 3. The molecular formula is C27H32N6O4. The molecule has 10 nitrogen and oxygen atoms in total. The molecule has 1 unspecified atom stereocenters. The summed E-state index contributed by atoms with van der Waals surface area (Å²) in [5, 5.41) is 6.27. The van der Waals surface area contributed by atoms with Crippen LogP contribution in [0.25, 0.3) is 11.2 Å². The summed E-state index contributed by atoms with van der Waals surface area (Å²) in [6, 6.07) is 16.9. The number of pyridine rings is 1. The zero-order valence-corrected chi connectivity index (χ0v) is 21.4. The van der Waals surface area contributed by atoms with E-state index in [1.54, 1.807) is 39.5 Å². The van der Waals surface area contributed by atoms with Crippen LogP contribution in [-0.2, 0) is 11.3 Å². The van der Waals surface area contributed by atoms with Crippen molar-refractivity contribution in [2.24, 2.45) is 5.73 Å². The van der Waals surface area contributed by atoms with Gasteiger partial charge in [0.15, 0.2) is 17.1 Å². The maximum atomic E-state index is 13.1. The Kier molecular flexibility index (Phi) is 8.09. The standard InChI is InChI=1S/C27H32N6O4/c1-5-19(17-9-7-6-8-10-17)26(34)32-23-12-11-20-25(31-23)33(14-13-28)27(30-20)29-18-15-21(35-2)24(37-4)22(16-18)36-3/h6-12,15-16,19H,5,13-14,28H2,1-4H3,(H,29,30)(H,31,32,34). The molecule has 0 aliphatic heterocycles. The van der Waals surface area contributed by atoms with E-state index in [-0.39, 0.29) is 11.8 Å². The van der Waals surface area contributed by atoms with Gasteiger partial charge in [-0.2, -0.15) is 0 Å². The second-order valence-corrected chi connectivity index (χ2v) is 8.31. The summed E-state index contributed by atoms with van der Waals surface area (Å²) in [7, 11) is 4.68. The predicted octanol–water partition coefficient (Wildman–Crippen LogP) is 4.29. The van der Waals surface area contributed by atoms with E-state index in [9.17, 15) is 4.79 Å². The number of amides is 1. The largest absolute Gasteiger partial charge is 0.493 e. The molecule has 10 heteroatoms. The van der Waals surface area contributed by atoms with Crippen LogP contribution in [-0.4, -0.2) is 48.3 Å². The fourth-order valence-corrected chi connectivity index (χ4v) is 4.26. The van der Waals surface area contributed by atoms with Crippen molar-refractivity contribution in [1.29, 1.82) is 0 Å². The van der Waals surface area contributed by atoms with Crippen LogP contribution in [0.4, 0.5) is 17.5 Å². The fraction of sp³-hybridized carbons (Fsp3) is 0.296. The zero-order valence-electron chi connectivity index (χ0n) is 21.4. The lowest BCUT2D eigenvalue weighted by Crippen LogP contribution is -2.21. The maximum Gasteiger partial charge on any atom is 0.233 e. The van der Waals surface area contributed by atoms with Crippen LogP contribution in [0.15, 0.2) is 54.6 Å². The number of carbonyl (C=O) groups excluding carboxylic acids is 1. The monoisotopic (exact) mass is 504 g/mol. The lowest BCUT2D eigenvalue weighted by molar-refractivity contribution is -0.117. The topological polar surface area (TPSA) is 126 Å². The maximum absolute atomic E-state index is 13.1. The van der Waals surface area contributed by atoms with Gasteiger partial charge in [0.2, 0.25) is 17.6 Å². The van der Waals surface area contributed by atoms with E-state index in [0.717, 1.165) is 5.56 Å². The highest BCUT2D eigenvalue weighted by atomic mass is 16.5. The number of carbonyl (C=O) groups is 1. The second kappa shape index (κ2) is 11.6. The van der Waals surface area contributed by atoms with Crippen LogP contribution in [0, 0.1) is 0 Å². The molecule has 0 bridgehead atoms. The van der Waals surface area contributed by atoms with Crippen LogP contribution in [0.5, 0.6) is 17.2 Å². The number of fused-ring (bicyclic) bond motifs is 1. The molecule has 0 radical (unpaired) electrons. The Balaban J connectivity index is 1.66. The van der Waals surface area contributed by atoms with Crippen molar-refractivity contribution in [3.8, 4) is 17.2 Å². The van der Waals surface area contributed by atoms with E-state index >= 15 is 0 Å². The molecule has 2 aromatic heterocycles. The van der Waals surface area contributed by atoms with Crippen molar-refractivity contribution in [3.05, 3.63) is 60.2 Å². The number of nitrogens with two attached hydrogens (primary N) is 1. The summed E-state index contributed by atoms with van der Waals surface area (Å²) >= 11 is 0. The van der Waals surface area contributed by atoms with E-state index in [4.69, 9.17) is 29.9 Å². The first-order valence-electron chi connectivity index (χ1n) is 12.0. The number of imidazole rings is 1. The average Bonchev–Trinajstić information content (AvgIpc) is 3.25. The third-order valence-electron chi connectivity index (χ3n) is 6.04. The third kappa shape index (κ3) is 5.44. The first-order valence-corrected chi connectivity index (χ1v) is 12.0. The van der Waals surface area contributed by atoms with Gasteiger partial charge in [-0.05, 0) is 24.1 Å². The molecule has 0 aliphatic carbocycles. The molecule has 4 N–H and O–H groups in total. The summed E-state index contributed by atoms with van der Waals surface area (Å²) in [5.41, 5.74) is 8.83. The Hall–Kier alpha value is -4.31. The van der Waals surface area contributed by atoms with Crippen molar-refractivity contribution in [3.63, 3.8) is 0 Å². The number of benzene rings is 2.